The van der Waals surface area contributed by atoms with Gasteiger partial charge in [0, 0.05) is 32.7 Å². The highest BCUT2D eigenvalue weighted by atomic mass is 35.5. The molecule has 0 radical (unpaired) electrons. The normalized spacial score (nSPS) is 23.8. The second-order valence-electron chi connectivity index (χ2n) is 6.07. The monoisotopic (exact) mass is 339 g/mol. The van der Waals surface area contributed by atoms with Crippen LogP contribution in [0.5, 0.6) is 0 Å². The van der Waals surface area contributed by atoms with Crippen molar-refractivity contribution in [2.45, 2.75) is 45.1 Å². The predicted octanol–water partition coefficient (Wildman–Crippen LogP) is 2.16. The molecule has 0 spiro atoms. The maximum absolute atomic E-state index is 12.5. The smallest absolute Gasteiger partial charge is 0.226 e. The zero-order chi connectivity index (χ0) is 13.7. The van der Waals surface area contributed by atoms with E-state index < -0.39 is 0 Å². The van der Waals surface area contributed by atoms with Crippen LogP contribution in [0.4, 0.5) is 0 Å². The fourth-order valence-corrected chi connectivity index (χ4v) is 3.38. The largest absolute Gasteiger partial charge is 0.342 e. The number of hydrogen-bond acceptors (Lipinski definition) is 3. The van der Waals surface area contributed by atoms with E-state index in [0.717, 1.165) is 51.9 Å². The summed E-state index contributed by atoms with van der Waals surface area (Å²) >= 11 is 0. The van der Waals surface area contributed by atoms with Gasteiger partial charge in [0.25, 0.3) is 0 Å². The molecule has 0 saturated carbocycles. The number of halogens is 2. The van der Waals surface area contributed by atoms with E-state index in [9.17, 15) is 4.79 Å². The predicted molar refractivity (Wildman–Crippen MR) is 92.6 cm³/mol. The summed E-state index contributed by atoms with van der Waals surface area (Å²) in [5, 5.41) is 3.34. The van der Waals surface area contributed by atoms with Crippen LogP contribution in [0.25, 0.3) is 0 Å². The van der Waals surface area contributed by atoms with E-state index in [0.29, 0.717) is 11.9 Å². The van der Waals surface area contributed by atoms with Crippen molar-refractivity contribution in [1.29, 1.82) is 0 Å². The van der Waals surface area contributed by atoms with Crippen LogP contribution >= 0.6 is 24.8 Å². The minimum Gasteiger partial charge on any atom is -0.342 e. The van der Waals surface area contributed by atoms with E-state index >= 15 is 0 Å². The molecular weight excluding hydrogens is 309 g/mol. The summed E-state index contributed by atoms with van der Waals surface area (Å²) in [4.78, 5) is 17.0. The molecule has 2 aliphatic heterocycles. The van der Waals surface area contributed by atoms with Gasteiger partial charge in [-0.1, -0.05) is 6.92 Å². The number of amides is 1. The number of carbonyl (C=O) groups is 1. The van der Waals surface area contributed by atoms with Gasteiger partial charge in [0.2, 0.25) is 5.91 Å². The molecule has 0 bridgehead atoms. The van der Waals surface area contributed by atoms with E-state index in [1.807, 2.05) is 11.9 Å². The number of hydrogen-bond donors (Lipinski definition) is 1. The van der Waals surface area contributed by atoms with Crippen molar-refractivity contribution < 1.29 is 4.79 Å². The number of piperidine rings is 2. The average molecular weight is 340 g/mol. The van der Waals surface area contributed by atoms with Crippen LogP contribution in [0, 0.1) is 5.92 Å². The van der Waals surface area contributed by atoms with Crippen molar-refractivity contribution in [3.05, 3.63) is 0 Å². The third-order valence-corrected chi connectivity index (χ3v) is 4.64. The molecule has 0 aliphatic carbocycles. The number of nitrogens with one attached hydrogen (secondary N) is 1. The van der Waals surface area contributed by atoms with Crippen LogP contribution in [-0.2, 0) is 4.79 Å². The summed E-state index contributed by atoms with van der Waals surface area (Å²) in [6.45, 7) is 7.69. The third-order valence-electron chi connectivity index (χ3n) is 4.64. The molecule has 0 aromatic rings. The van der Waals surface area contributed by atoms with Crippen molar-refractivity contribution >= 4 is 30.7 Å². The van der Waals surface area contributed by atoms with Gasteiger partial charge in [-0.15, -0.1) is 24.8 Å². The first-order valence-electron chi connectivity index (χ1n) is 7.92. The van der Waals surface area contributed by atoms with Gasteiger partial charge in [0.15, 0.2) is 0 Å². The van der Waals surface area contributed by atoms with Gasteiger partial charge >= 0.3 is 0 Å². The lowest BCUT2D eigenvalue weighted by atomic mass is 9.96. The molecule has 1 atom stereocenters. The van der Waals surface area contributed by atoms with E-state index in [4.69, 9.17) is 0 Å². The average Bonchev–Trinajstić information content (AvgIpc) is 2.48. The molecule has 0 aromatic heterocycles. The molecule has 0 aromatic carbocycles. The first-order chi connectivity index (χ1) is 9.22. The molecule has 2 rings (SSSR count). The number of nitrogens with zero attached hydrogens (tertiary/aromatic N) is 2. The lowest BCUT2D eigenvalue weighted by Gasteiger charge is -2.38. The van der Waals surface area contributed by atoms with Crippen molar-refractivity contribution in [2.75, 3.05) is 39.8 Å². The first kappa shape index (κ1) is 21.0. The Kier molecular flexibility index (Phi) is 10.6. The topological polar surface area (TPSA) is 35.6 Å². The van der Waals surface area contributed by atoms with Gasteiger partial charge in [0.05, 0.1) is 5.92 Å². The van der Waals surface area contributed by atoms with Crippen molar-refractivity contribution in [3.63, 3.8) is 0 Å². The van der Waals surface area contributed by atoms with Gasteiger partial charge in [-0.3, -0.25) is 4.79 Å². The summed E-state index contributed by atoms with van der Waals surface area (Å²) in [6.07, 6.45) is 5.71. The second kappa shape index (κ2) is 10.7. The maximum Gasteiger partial charge on any atom is 0.226 e. The molecule has 6 heteroatoms. The number of rotatable bonds is 4. The van der Waals surface area contributed by atoms with Crippen LogP contribution < -0.4 is 5.32 Å². The summed E-state index contributed by atoms with van der Waals surface area (Å²) < 4.78 is 0. The Morgan fingerprint density at radius 1 is 1.24 bits per heavy atom. The van der Waals surface area contributed by atoms with Gasteiger partial charge in [0.1, 0.15) is 0 Å². The highest BCUT2D eigenvalue weighted by Gasteiger charge is 2.29. The van der Waals surface area contributed by atoms with Crippen molar-refractivity contribution in [1.82, 2.24) is 15.1 Å². The Balaban J connectivity index is 0.00000200. The fraction of sp³-hybridized carbons (Fsp3) is 0.933. The lowest BCUT2D eigenvalue weighted by Crippen LogP contribution is -2.49. The maximum atomic E-state index is 12.5. The quantitative estimate of drug-likeness (QED) is 0.852. The highest BCUT2D eigenvalue weighted by Crippen LogP contribution is 2.20. The zero-order valence-corrected chi connectivity index (χ0v) is 15.0. The Morgan fingerprint density at radius 3 is 2.43 bits per heavy atom. The lowest BCUT2D eigenvalue weighted by molar-refractivity contribution is -0.137. The van der Waals surface area contributed by atoms with Crippen molar-refractivity contribution in [2.24, 2.45) is 5.92 Å². The summed E-state index contributed by atoms with van der Waals surface area (Å²) in [7, 11) is 2.01. The van der Waals surface area contributed by atoms with E-state index in [2.05, 4.69) is 17.1 Å². The molecule has 2 aliphatic rings. The SMILES string of the molecule is CCCN1CCC(N(C)C(=O)[C@@H]2CCCNC2)CC1.Cl.Cl. The van der Waals surface area contributed by atoms with Crippen LogP contribution in [0.1, 0.15) is 39.0 Å². The third kappa shape index (κ3) is 5.93. The van der Waals surface area contributed by atoms with Crippen LogP contribution in [-0.4, -0.2) is 61.5 Å². The summed E-state index contributed by atoms with van der Waals surface area (Å²) in [5.41, 5.74) is 0. The van der Waals surface area contributed by atoms with Crippen LogP contribution in [0.15, 0.2) is 0 Å². The summed E-state index contributed by atoms with van der Waals surface area (Å²) in [6, 6.07) is 0.461. The van der Waals surface area contributed by atoms with Gasteiger partial charge in [-0.25, -0.2) is 0 Å². The van der Waals surface area contributed by atoms with E-state index in [1.54, 1.807) is 0 Å². The standard InChI is InChI=1S/C15H29N3O.2ClH/c1-3-9-18-10-6-14(7-11-18)17(2)15(19)13-5-4-8-16-12-13;;/h13-14,16H,3-12H2,1-2H3;2*1H/t13-;;/m1../s1. The van der Waals surface area contributed by atoms with Crippen LogP contribution in [0.3, 0.4) is 0 Å². The molecule has 4 nitrogen and oxygen atoms in total. The summed E-state index contributed by atoms with van der Waals surface area (Å²) in [5.74, 6) is 0.577. The minimum atomic E-state index is 0. The van der Waals surface area contributed by atoms with Gasteiger partial charge in [-0.05, 0) is 45.2 Å². The Labute approximate surface area is 141 Å². The second-order valence-corrected chi connectivity index (χ2v) is 6.07. The molecule has 2 fully saturated rings. The zero-order valence-electron chi connectivity index (χ0n) is 13.3. The van der Waals surface area contributed by atoms with E-state index in [-0.39, 0.29) is 30.7 Å². The van der Waals surface area contributed by atoms with Gasteiger partial charge in [-0.2, -0.15) is 0 Å². The Bertz CT molecular complexity index is 291. The van der Waals surface area contributed by atoms with Gasteiger partial charge < -0.3 is 15.1 Å². The number of carbonyl (C=O) groups excluding carboxylic acids is 1. The Hall–Kier alpha value is -0.0300. The molecule has 21 heavy (non-hydrogen) atoms. The molecule has 126 valence electrons. The van der Waals surface area contributed by atoms with Crippen LogP contribution in [0.2, 0.25) is 0 Å². The molecule has 0 unspecified atom stereocenters. The highest BCUT2D eigenvalue weighted by molar-refractivity contribution is 5.85. The Morgan fingerprint density at radius 2 is 1.90 bits per heavy atom. The minimum absolute atomic E-state index is 0. The van der Waals surface area contributed by atoms with Crippen molar-refractivity contribution in [3.8, 4) is 0 Å². The molecule has 1 N–H and O–H groups in total. The fourth-order valence-electron chi connectivity index (χ4n) is 3.38. The molecule has 2 heterocycles. The first-order valence-corrected chi connectivity index (χ1v) is 7.92. The molecule has 1 amide bonds. The molecule has 2 saturated heterocycles. The molecular formula is C15H31Cl2N3O. The van der Waals surface area contributed by atoms with E-state index in [1.165, 1.54) is 13.0 Å². The number of likely N-dealkylation sites (tertiary alicyclic amines) is 1.